The molecular weight excluding hydrogens is 564 g/mol. The van der Waals surface area contributed by atoms with Crippen LogP contribution in [-0.2, 0) is 28.2 Å². The third-order valence-electron chi connectivity index (χ3n) is 10.5. The summed E-state index contributed by atoms with van der Waals surface area (Å²) in [4.78, 5) is 27.7. The number of carbonyl (C=O) groups excluding carboxylic acids is 2. The maximum absolute atomic E-state index is 13.9. The average molecular weight is 621 g/mol. The van der Waals surface area contributed by atoms with Crippen LogP contribution in [0.15, 0.2) is 30.3 Å². The fourth-order valence-corrected chi connectivity index (χ4v) is 10.6. The molecule has 9 heteroatoms. The lowest BCUT2D eigenvalue weighted by Crippen LogP contribution is -2.61. The first kappa shape index (κ1) is 35.9. The second-order valence-corrected chi connectivity index (χ2v) is 18.2. The largest absolute Gasteiger partial charge is 0.459 e. The molecule has 1 aromatic carbocycles. The second kappa shape index (κ2) is 14.2. The van der Waals surface area contributed by atoms with Gasteiger partial charge < -0.3 is 28.8 Å². The predicted octanol–water partition coefficient (Wildman–Crippen LogP) is 6.20. The molecule has 2 fully saturated rings. The summed E-state index contributed by atoms with van der Waals surface area (Å²) < 4.78 is 26.6. The molecule has 244 valence electrons. The molecule has 1 aromatic rings. The van der Waals surface area contributed by atoms with E-state index in [2.05, 4.69) is 20.8 Å². The van der Waals surface area contributed by atoms with Crippen molar-refractivity contribution in [3.05, 3.63) is 35.9 Å². The summed E-state index contributed by atoms with van der Waals surface area (Å²) in [6, 6.07) is 12.4. The number of ketones is 1. The van der Waals surface area contributed by atoms with Crippen molar-refractivity contribution in [1.29, 1.82) is 0 Å². The quantitative estimate of drug-likeness (QED) is 0.274. The van der Waals surface area contributed by atoms with Gasteiger partial charge >= 0.3 is 5.97 Å². The number of fused-ring (bicyclic) bond motifs is 2. The zero-order valence-electron chi connectivity index (χ0n) is 28.0. The number of aliphatic hydroxyl groups is 2. The van der Waals surface area contributed by atoms with Gasteiger partial charge in [-0.3, -0.25) is 9.59 Å². The van der Waals surface area contributed by atoms with Gasteiger partial charge in [-0.2, -0.15) is 0 Å². The van der Waals surface area contributed by atoms with E-state index >= 15 is 0 Å². The zero-order chi connectivity index (χ0) is 32.3. The maximum Gasteiger partial charge on any atom is 0.311 e. The van der Waals surface area contributed by atoms with Crippen molar-refractivity contribution in [3.8, 4) is 0 Å². The summed E-state index contributed by atoms with van der Waals surface area (Å²) in [6.07, 6.45) is -3.68. The molecule has 3 rings (SSSR count). The van der Waals surface area contributed by atoms with Gasteiger partial charge in [-0.15, -0.1) is 0 Å². The Bertz CT molecular complexity index is 1070. The first-order valence-electron chi connectivity index (χ1n) is 16.3. The van der Waals surface area contributed by atoms with Crippen molar-refractivity contribution in [2.75, 3.05) is 0 Å². The lowest BCUT2D eigenvalue weighted by molar-refractivity contribution is -0.310. The van der Waals surface area contributed by atoms with Gasteiger partial charge in [-0.25, -0.2) is 0 Å². The lowest BCUT2D eigenvalue weighted by Gasteiger charge is -2.53. The van der Waals surface area contributed by atoms with Gasteiger partial charge in [-0.05, 0) is 51.7 Å². The van der Waals surface area contributed by atoms with E-state index in [4.69, 9.17) is 18.6 Å². The number of Topliss-reactive ketones (excluding diaryl/α,β-unsaturated/α-hetero) is 1. The van der Waals surface area contributed by atoms with Crippen LogP contribution in [0, 0.1) is 23.7 Å². The monoisotopic (exact) mass is 620 g/mol. The number of benzene rings is 1. The summed E-state index contributed by atoms with van der Waals surface area (Å²) in [5, 5.41) is 22.8. The third-order valence-corrected chi connectivity index (χ3v) is 15.2. The van der Waals surface area contributed by atoms with Crippen LogP contribution in [0.5, 0.6) is 0 Å². The fraction of sp³-hybridized carbons (Fsp3) is 0.765. The van der Waals surface area contributed by atoms with Gasteiger partial charge in [-0.1, -0.05) is 78.8 Å². The van der Waals surface area contributed by atoms with E-state index in [1.165, 1.54) is 6.92 Å². The van der Waals surface area contributed by atoms with Crippen LogP contribution in [0.3, 0.4) is 0 Å². The molecule has 2 aliphatic heterocycles. The van der Waals surface area contributed by atoms with E-state index in [1.54, 1.807) is 20.8 Å². The molecular formula is C34H56O8Si. The van der Waals surface area contributed by atoms with Crippen LogP contribution < -0.4 is 0 Å². The first-order chi connectivity index (χ1) is 20.1. The highest BCUT2D eigenvalue weighted by atomic mass is 28.4. The van der Waals surface area contributed by atoms with Crippen LogP contribution in [0.4, 0.5) is 0 Å². The van der Waals surface area contributed by atoms with Crippen molar-refractivity contribution < 1.29 is 38.4 Å². The van der Waals surface area contributed by atoms with Crippen LogP contribution in [0.1, 0.15) is 93.9 Å². The van der Waals surface area contributed by atoms with Gasteiger partial charge in [0, 0.05) is 23.3 Å². The van der Waals surface area contributed by atoms with E-state index in [0.29, 0.717) is 6.42 Å². The smallest absolute Gasteiger partial charge is 0.311 e. The SMILES string of the molecule is CC[C@H]1OC(=O)[C@H](C)[C@H]2O[C@@H](c3ccccc3)O[C@H]([C@H]2C)[C@](C)(O[Si](CC)(CC)CC)C[C@@H](C)C(=O)[C@H](C)[C@@H](O)[C@]1(C)O. The Morgan fingerprint density at radius 2 is 1.51 bits per heavy atom. The van der Waals surface area contributed by atoms with Crippen molar-refractivity contribution in [3.63, 3.8) is 0 Å². The standard InChI is InChI=1S/C34H56O8Si/c1-11-26-34(10,38)29(36)22(6)27(35)21(5)20-33(9,42-43(12-2,13-3)14-4)30-23(7)28(24(8)31(37)39-26)40-32(41-30)25-18-16-15-17-19-25/h15-19,21-24,26,28-30,32,36,38H,11-14,20H2,1-10H3/t21-,22+,23+,24-,26-,28+,29-,30-,32-,33-,34-/m1/s1. The normalized spacial score (nSPS) is 40.0. The summed E-state index contributed by atoms with van der Waals surface area (Å²) in [5.41, 5.74) is -1.91. The van der Waals surface area contributed by atoms with Gasteiger partial charge in [0.15, 0.2) is 14.6 Å². The molecule has 0 aliphatic carbocycles. The molecule has 2 saturated heterocycles. The Hall–Kier alpha value is -1.62. The molecule has 0 saturated carbocycles. The minimum Gasteiger partial charge on any atom is -0.459 e. The van der Waals surface area contributed by atoms with Gasteiger partial charge in [0.2, 0.25) is 0 Å². The summed E-state index contributed by atoms with van der Waals surface area (Å²) in [7, 11) is -2.24. The lowest BCUT2D eigenvalue weighted by atomic mass is 9.73. The topological polar surface area (TPSA) is 112 Å². The number of ether oxygens (including phenoxy) is 3. The van der Waals surface area contributed by atoms with Crippen LogP contribution in [-0.4, -0.2) is 65.9 Å². The maximum atomic E-state index is 13.9. The highest BCUT2D eigenvalue weighted by Crippen LogP contribution is 2.46. The highest BCUT2D eigenvalue weighted by Gasteiger charge is 2.55. The number of hydrogen-bond acceptors (Lipinski definition) is 8. The zero-order valence-corrected chi connectivity index (χ0v) is 29.0. The molecule has 0 spiro atoms. The summed E-state index contributed by atoms with van der Waals surface area (Å²) in [5.74, 6) is -3.11. The fourth-order valence-electron chi connectivity index (χ4n) is 7.45. The molecule has 2 aliphatic rings. The molecule has 0 aromatic heterocycles. The van der Waals surface area contributed by atoms with E-state index in [-0.39, 0.29) is 18.1 Å². The van der Waals surface area contributed by atoms with Crippen LogP contribution >= 0.6 is 0 Å². The molecule has 8 nitrogen and oxygen atoms in total. The minimum absolute atomic E-state index is 0.179. The Balaban J connectivity index is 2.23. The Morgan fingerprint density at radius 1 is 0.930 bits per heavy atom. The summed E-state index contributed by atoms with van der Waals surface area (Å²) in [6.45, 7) is 19.1. The van der Waals surface area contributed by atoms with Gasteiger partial charge in [0.1, 0.15) is 17.5 Å². The number of aliphatic hydroxyl groups excluding tert-OH is 1. The number of carbonyl (C=O) groups is 2. The second-order valence-electron chi connectivity index (χ2n) is 13.5. The van der Waals surface area contributed by atoms with Crippen molar-refractivity contribution in [2.24, 2.45) is 23.7 Å². The van der Waals surface area contributed by atoms with Gasteiger partial charge in [0.25, 0.3) is 0 Å². The highest BCUT2D eigenvalue weighted by molar-refractivity contribution is 6.73. The number of hydrogen-bond donors (Lipinski definition) is 2. The molecule has 43 heavy (non-hydrogen) atoms. The van der Waals surface area contributed by atoms with Crippen LogP contribution in [0.25, 0.3) is 0 Å². The van der Waals surface area contributed by atoms with Gasteiger partial charge in [0.05, 0.1) is 29.8 Å². The molecule has 0 unspecified atom stereocenters. The molecule has 2 N–H and O–H groups in total. The Kier molecular flexibility index (Phi) is 11.8. The van der Waals surface area contributed by atoms with E-state index in [0.717, 1.165) is 23.7 Å². The minimum atomic E-state index is -2.24. The van der Waals surface area contributed by atoms with Crippen LogP contribution in [0.2, 0.25) is 18.1 Å². The van der Waals surface area contributed by atoms with Crippen molar-refractivity contribution >= 4 is 20.1 Å². The molecule has 2 bridgehead atoms. The third kappa shape index (κ3) is 7.28. The number of esters is 1. The predicted molar refractivity (Wildman–Crippen MR) is 169 cm³/mol. The average Bonchev–Trinajstić information content (AvgIpc) is 3.00. The first-order valence-corrected chi connectivity index (χ1v) is 18.8. The van der Waals surface area contributed by atoms with E-state index < -0.39 is 73.9 Å². The van der Waals surface area contributed by atoms with E-state index in [1.807, 2.05) is 51.1 Å². The molecule has 11 atom stereocenters. The number of cyclic esters (lactones) is 1. The molecule has 2 heterocycles. The van der Waals surface area contributed by atoms with E-state index in [9.17, 15) is 19.8 Å². The van der Waals surface area contributed by atoms with Crippen molar-refractivity contribution in [1.82, 2.24) is 0 Å². The number of rotatable bonds is 7. The summed E-state index contributed by atoms with van der Waals surface area (Å²) >= 11 is 0. The molecule has 0 amide bonds. The van der Waals surface area contributed by atoms with Crippen molar-refractivity contribution in [2.45, 2.75) is 142 Å². The Morgan fingerprint density at radius 3 is 2.05 bits per heavy atom. The molecule has 0 radical (unpaired) electrons. The Labute approximate surface area is 260 Å².